The lowest BCUT2D eigenvalue weighted by Crippen LogP contribution is -2.47. The van der Waals surface area contributed by atoms with Crippen molar-refractivity contribution in [1.29, 1.82) is 0 Å². The number of carbonyl (C=O) groups excluding carboxylic acids is 1. The van der Waals surface area contributed by atoms with Crippen molar-refractivity contribution in [3.8, 4) is 0 Å². The van der Waals surface area contributed by atoms with Gasteiger partial charge in [0.05, 0.1) is 5.92 Å². The van der Waals surface area contributed by atoms with Crippen LogP contribution in [0.5, 0.6) is 0 Å². The van der Waals surface area contributed by atoms with Crippen LogP contribution in [0.15, 0.2) is 53.4 Å². The van der Waals surface area contributed by atoms with Crippen LogP contribution in [0.4, 0.5) is 10.1 Å². The van der Waals surface area contributed by atoms with Crippen LogP contribution in [-0.4, -0.2) is 32.0 Å². The average Bonchev–Trinajstić information content (AvgIpc) is 3.10. The van der Waals surface area contributed by atoms with Crippen molar-refractivity contribution in [1.82, 2.24) is 16.2 Å². The minimum absolute atomic E-state index is 0.223. The van der Waals surface area contributed by atoms with E-state index in [0.29, 0.717) is 6.54 Å². The predicted octanol–water partition coefficient (Wildman–Crippen LogP) is 2.04. The summed E-state index contributed by atoms with van der Waals surface area (Å²) in [5.74, 6) is -1.69. The molecule has 0 radical (unpaired) electrons. The van der Waals surface area contributed by atoms with Crippen molar-refractivity contribution >= 4 is 33.4 Å². The van der Waals surface area contributed by atoms with Gasteiger partial charge in [-0.05, 0) is 55.1 Å². The number of anilines is 1. The first-order chi connectivity index (χ1) is 13.8. The van der Waals surface area contributed by atoms with Crippen LogP contribution < -0.4 is 20.9 Å². The van der Waals surface area contributed by atoms with E-state index in [9.17, 15) is 17.6 Å². The Morgan fingerprint density at radius 3 is 2.38 bits per heavy atom. The summed E-state index contributed by atoms with van der Waals surface area (Å²) in [6, 6.07) is 12.3. The Bertz CT molecular complexity index is 952. The lowest BCUT2D eigenvalue weighted by atomic mass is 10.0. The van der Waals surface area contributed by atoms with Crippen LogP contribution in [0.25, 0.3) is 0 Å². The number of benzene rings is 2. The molecular weight excluding hydrogens is 415 g/mol. The molecule has 3 atom stereocenters. The van der Waals surface area contributed by atoms with Crippen LogP contribution in [-0.2, 0) is 21.4 Å². The van der Waals surface area contributed by atoms with Gasteiger partial charge in [-0.2, -0.15) is 0 Å². The zero-order chi connectivity index (χ0) is 21.0. The van der Waals surface area contributed by atoms with Crippen LogP contribution in [0.1, 0.15) is 12.5 Å². The minimum atomic E-state index is -3.95. The molecule has 2 aromatic carbocycles. The van der Waals surface area contributed by atoms with E-state index in [1.165, 1.54) is 12.1 Å². The summed E-state index contributed by atoms with van der Waals surface area (Å²) in [6.45, 7) is 2.03. The van der Waals surface area contributed by atoms with Crippen molar-refractivity contribution in [2.45, 2.75) is 29.8 Å². The Labute approximate surface area is 173 Å². The first-order valence-corrected chi connectivity index (χ1v) is 11.8. The van der Waals surface area contributed by atoms with E-state index in [1.807, 2.05) is 30.5 Å². The molecule has 2 aromatic rings. The number of halogens is 1. The van der Waals surface area contributed by atoms with Gasteiger partial charge in [-0.25, -0.2) is 18.2 Å². The summed E-state index contributed by atoms with van der Waals surface area (Å²) in [4.78, 5) is 13.9. The average molecular weight is 439 g/mol. The van der Waals surface area contributed by atoms with Gasteiger partial charge in [-0.15, -0.1) is 11.8 Å². The van der Waals surface area contributed by atoms with Gasteiger partial charge < -0.3 is 5.32 Å². The van der Waals surface area contributed by atoms with Gasteiger partial charge in [-0.1, -0.05) is 12.1 Å². The van der Waals surface area contributed by atoms with Gasteiger partial charge in [0.15, 0.2) is 5.37 Å². The predicted molar refractivity (Wildman–Crippen MR) is 112 cm³/mol. The fourth-order valence-electron chi connectivity index (χ4n) is 3.09. The Balaban J connectivity index is 1.68. The van der Waals surface area contributed by atoms with Gasteiger partial charge in [0.2, 0.25) is 5.91 Å². The SMILES string of the molecule is CSc1ccc(CNC(=O)C2C(C)NNC2S(=O)(=O)Nc2ccc(F)cc2)cc1. The largest absolute Gasteiger partial charge is 0.352 e. The van der Waals surface area contributed by atoms with Crippen LogP contribution in [0, 0.1) is 11.7 Å². The Kier molecular flexibility index (Phi) is 6.78. The summed E-state index contributed by atoms with van der Waals surface area (Å²) < 4.78 is 41.1. The third-order valence-corrected chi connectivity index (χ3v) is 7.03. The summed E-state index contributed by atoms with van der Waals surface area (Å²) in [5, 5.41) is 1.64. The number of amides is 1. The van der Waals surface area contributed by atoms with E-state index in [1.54, 1.807) is 18.7 Å². The molecule has 29 heavy (non-hydrogen) atoms. The normalized spacial score (nSPS) is 21.7. The van der Waals surface area contributed by atoms with Crippen LogP contribution in [0.2, 0.25) is 0 Å². The summed E-state index contributed by atoms with van der Waals surface area (Å²) >= 11 is 1.63. The standard InChI is InChI=1S/C19H23FN4O3S2/c1-12-17(18(25)21-11-13-3-9-16(28-2)10-4-13)19(23-22-12)29(26,27)24-15-7-5-14(20)6-8-15/h3-10,12,17,19,22-24H,11H2,1-2H3,(H,21,25). The highest BCUT2D eigenvalue weighted by Crippen LogP contribution is 2.23. The number of thioether (sulfide) groups is 1. The van der Waals surface area contributed by atoms with E-state index in [4.69, 9.17) is 0 Å². The molecule has 1 saturated heterocycles. The fourth-order valence-corrected chi connectivity index (χ4v) is 5.05. The third-order valence-electron chi connectivity index (χ3n) is 4.69. The molecule has 0 spiro atoms. The van der Waals surface area contributed by atoms with E-state index in [-0.39, 0.29) is 11.6 Å². The second-order valence-electron chi connectivity index (χ2n) is 6.74. The van der Waals surface area contributed by atoms with Gasteiger partial charge in [0.1, 0.15) is 5.82 Å². The lowest BCUT2D eigenvalue weighted by Gasteiger charge is -2.21. The second-order valence-corrected chi connectivity index (χ2v) is 9.43. The van der Waals surface area contributed by atoms with E-state index >= 15 is 0 Å². The molecule has 7 nitrogen and oxygen atoms in total. The maximum Gasteiger partial charge on any atom is 0.250 e. The summed E-state index contributed by atoms with van der Waals surface area (Å²) in [6.07, 6.45) is 1.98. The van der Waals surface area contributed by atoms with E-state index in [0.717, 1.165) is 22.6 Å². The molecule has 3 unspecified atom stereocenters. The minimum Gasteiger partial charge on any atom is -0.352 e. The van der Waals surface area contributed by atoms with Crippen molar-refractivity contribution < 1.29 is 17.6 Å². The summed E-state index contributed by atoms with van der Waals surface area (Å²) in [7, 11) is -3.95. The zero-order valence-corrected chi connectivity index (χ0v) is 17.6. The number of hydrazine groups is 1. The lowest BCUT2D eigenvalue weighted by molar-refractivity contribution is -0.125. The maximum absolute atomic E-state index is 13.1. The molecule has 3 rings (SSSR count). The highest BCUT2D eigenvalue weighted by Gasteiger charge is 2.45. The third kappa shape index (κ3) is 5.27. The Hall–Kier alpha value is -2.14. The second kappa shape index (κ2) is 9.12. The van der Waals surface area contributed by atoms with E-state index < -0.39 is 33.2 Å². The first kappa shape index (κ1) is 21.6. The van der Waals surface area contributed by atoms with Crippen molar-refractivity contribution in [2.24, 2.45) is 5.92 Å². The van der Waals surface area contributed by atoms with Gasteiger partial charge in [0, 0.05) is 23.2 Å². The number of hydrogen-bond acceptors (Lipinski definition) is 6. The molecule has 156 valence electrons. The molecule has 0 aliphatic carbocycles. The van der Waals surface area contributed by atoms with Gasteiger partial charge >= 0.3 is 0 Å². The monoisotopic (exact) mass is 438 g/mol. The maximum atomic E-state index is 13.1. The zero-order valence-electron chi connectivity index (χ0n) is 16.0. The molecule has 0 bridgehead atoms. The molecule has 1 aliphatic heterocycles. The fraction of sp³-hybridized carbons (Fsp3) is 0.316. The number of rotatable bonds is 7. The molecule has 1 fully saturated rings. The van der Waals surface area contributed by atoms with Gasteiger partial charge in [-0.3, -0.25) is 14.9 Å². The van der Waals surface area contributed by atoms with Crippen molar-refractivity contribution in [3.05, 3.63) is 59.9 Å². The Morgan fingerprint density at radius 2 is 1.76 bits per heavy atom. The van der Waals surface area contributed by atoms with Gasteiger partial charge in [0.25, 0.3) is 10.0 Å². The molecule has 4 N–H and O–H groups in total. The Morgan fingerprint density at radius 1 is 1.10 bits per heavy atom. The van der Waals surface area contributed by atoms with Crippen molar-refractivity contribution in [2.75, 3.05) is 11.0 Å². The molecule has 1 aliphatic rings. The van der Waals surface area contributed by atoms with E-state index in [2.05, 4.69) is 20.9 Å². The van der Waals surface area contributed by atoms with Crippen LogP contribution in [0.3, 0.4) is 0 Å². The molecule has 1 heterocycles. The number of sulfonamides is 1. The van der Waals surface area contributed by atoms with Crippen molar-refractivity contribution in [3.63, 3.8) is 0 Å². The highest BCUT2D eigenvalue weighted by atomic mass is 32.2. The van der Waals surface area contributed by atoms with Crippen LogP contribution >= 0.6 is 11.8 Å². The molecular formula is C19H23FN4O3S2. The smallest absolute Gasteiger partial charge is 0.250 e. The highest BCUT2D eigenvalue weighted by molar-refractivity contribution is 7.98. The number of hydrogen-bond donors (Lipinski definition) is 4. The molecule has 0 aromatic heterocycles. The number of nitrogens with one attached hydrogen (secondary N) is 4. The number of carbonyl (C=O) groups is 1. The molecule has 0 saturated carbocycles. The topological polar surface area (TPSA) is 99.3 Å². The summed E-state index contributed by atoms with van der Waals surface area (Å²) in [5.41, 5.74) is 6.65. The quantitative estimate of drug-likeness (QED) is 0.494. The molecule has 1 amide bonds. The first-order valence-electron chi connectivity index (χ1n) is 8.99. The molecule has 10 heteroatoms.